The summed E-state index contributed by atoms with van der Waals surface area (Å²) in [6.45, 7) is 2.22. The lowest BCUT2D eigenvalue weighted by atomic mass is 10.1. The molecule has 0 saturated heterocycles. The summed E-state index contributed by atoms with van der Waals surface area (Å²) in [5, 5.41) is 0. The zero-order valence-corrected chi connectivity index (χ0v) is 8.50. The van der Waals surface area contributed by atoms with Crippen molar-refractivity contribution in [1.82, 2.24) is 0 Å². The predicted octanol–water partition coefficient (Wildman–Crippen LogP) is 1.17. The molecule has 0 aromatic carbocycles. The molecule has 0 amide bonds. The average molecular weight is 187 g/mol. The zero-order chi connectivity index (χ0) is 9.52. The van der Waals surface area contributed by atoms with Crippen LogP contribution in [0.4, 0.5) is 0 Å². The van der Waals surface area contributed by atoms with Gasteiger partial charge in [-0.25, -0.2) is 0 Å². The minimum atomic E-state index is 0.422. The second-order valence-corrected chi connectivity index (χ2v) is 3.75. The van der Waals surface area contributed by atoms with E-state index in [2.05, 4.69) is 0 Å². The van der Waals surface area contributed by atoms with Crippen LogP contribution in [-0.2, 0) is 9.47 Å². The van der Waals surface area contributed by atoms with Gasteiger partial charge in [-0.2, -0.15) is 0 Å². The summed E-state index contributed by atoms with van der Waals surface area (Å²) >= 11 is 0. The van der Waals surface area contributed by atoms with Gasteiger partial charge in [0.1, 0.15) is 0 Å². The summed E-state index contributed by atoms with van der Waals surface area (Å²) in [6, 6.07) is 0.422. The van der Waals surface area contributed by atoms with E-state index >= 15 is 0 Å². The van der Waals surface area contributed by atoms with Crippen LogP contribution in [0.3, 0.4) is 0 Å². The Morgan fingerprint density at radius 1 is 1.31 bits per heavy atom. The summed E-state index contributed by atoms with van der Waals surface area (Å²) in [7, 11) is 1.69. The van der Waals surface area contributed by atoms with Gasteiger partial charge in [0.2, 0.25) is 0 Å². The molecular weight excluding hydrogens is 166 g/mol. The zero-order valence-electron chi connectivity index (χ0n) is 8.50. The van der Waals surface area contributed by atoms with Crippen LogP contribution in [0.25, 0.3) is 0 Å². The molecule has 1 unspecified atom stereocenters. The van der Waals surface area contributed by atoms with Crippen molar-refractivity contribution in [1.29, 1.82) is 0 Å². The highest BCUT2D eigenvalue weighted by atomic mass is 16.5. The molecule has 0 aromatic heterocycles. The van der Waals surface area contributed by atoms with Gasteiger partial charge in [0.05, 0.1) is 13.2 Å². The summed E-state index contributed by atoms with van der Waals surface area (Å²) in [4.78, 5) is 0. The van der Waals surface area contributed by atoms with Crippen molar-refractivity contribution in [3.05, 3.63) is 0 Å². The van der Waals surface area contributed by atoms with Crippen LogP contribution < -0.4 is 5.73 Å². The molecule has 3 heteroatoms. The molecule has 3 nitrogen and oxygen atoms in total. The largest absolute Gasteiger partial charge is 0.382 e. The Balaban J connectivity index is 1.77. The second kappa shape index (κ2) is 6.35. The smallest absolute Gasteiger partial charge is 0.0700 e. The Labute approximate surface area is 80.6 Å². The van der Waals surface area contributed by atoms with Gasteiger partial charge in [-0.1, -0.05) is 0 Å². The van der Waals surface area contributed by atoms with E-state index in [4.69, 9.17) is 15.2 Å². The first-order chi connectivity index (χ1) is 6.34. The van der Waals surface area contributed by atoms with Crippen molar-refractivity contribution in [2.24, 2.45) is 11.7 Å². The number of methoxy groups -OCH3 is 1. The molecule has 1 aliphatic carbocycles. The number of ether oxygens (including phenoxy) is 2. The van der Waals surface area contributed by atoms with Crippen molar-refractivity contribution < 1.29 is 9.47 Å². The SMILES string of the molecule is COCCOCCCC(N)C1CC1. The van der Waals surface area contributed by atoms with E-state index in [0.29, 0.717) is 19.3 Å². The van der Waals surface area contributed by atoms with E-state index in [1.54, 1.807) is 7.11 Å². The number of nitrogens with two attached hydrogens (primary N) is 1. The third-order valence-corrected chi connectivity index (χ3v) is 2.49. The summed E-state index contributed by atoms with van der Waals surface area (Å²) in [5.41, 5.74) is 5.94. The monoisotopic (exact) mass is 187 g/mol. The topological polar surface area (TPSA) is 44.5 Å². The molecule has 1 fully saturated rings. The van der Waals surface area contributed by atoms with Gasteiger partial charge < -0.3 is 15.2 Å². The van der Waals surface area contributed by atoms with E-state index in [1.165, 1.54) is 12.8 Å². The number of rotatable bonds is 8. The third-order valence-electron chi connectivity index (χ3n) is 2.49. The van der Waals surface area contributed by atoms with Crippen molar-refractivity contribution in [2.45, 2.75) is 31.7 Å². The van der Waals surface area contributed by atoms with E-state index in [-0.39, 0.29) is 0 Å². The molecular formula is C10H21NO2. The molecule has 1 atom stereocenters. The van der Waals surface area contributed by atoms with Gasteiger partial charge in [-0.05, 0) is 31.6 Å². The quantitative estimate of drug-likeness (QED) is 0.580. The Morgan fingerprint density at radius 3 is 2.69 bits per heavy atom. The van der Waals surface area contributed by atoms with Gasteiger partial charge in [0.25, 0.3) is 0 Å². The van der Waals surface area contributed by atoms with Crippen molar-refractivity contribution >= 4 is 0 Å². The van der Waals surface area contributed by atoms with Crippen LogP contribution in [0.15, 0.2) is 0 Å². The lowest BCUT2D eigenvalue weighted by Crippen LogP contribution is -2.22. The van der Waals surface area contributed by atoms with Gasteiger partial charge >= 0.3 is 0 Å². The van der Waals surface area contributed by atoms with E-state index in [1.807, 2.05) is 0 Å². The fraction of sp³-hybridized carbons (Fsp3) is 1.00. The molecule has 1 rings (SSSR count). The van der Waals surface area contributed by atoms with Crippen LogP contribution in [0.2, 0.25) is 0 Å². The van der Waals surface area contributed by atoms with Gasteiger partial charge in [-0.15, -0.1) is 0 Å². The molecule has 0 aliphatic heterocycles. The Hall–Kier alpha value is -0.120. The summed E-state index contributed by atoms with van der Waals surface area (Å²) in [6.07, 6.45) is 4.87. The lowest BCUT2D eigenvalue weighted by molar-refractivity contribution is 0.0680. The van der Waals surface area contributed by atoms with E-state index in [9.17, 15) is 0 Å². The molecule has 0 radical (unpaired) electrons. The van der Waals surface area contributed by atoms with Crippen molar-refractivity contribution in [3.63, 3.8) is 0 Å². The maximum absolute atomic E-state index is 5.94. The standard InChI is InChI=1S/C10H21NO2/c1-12-7-8-13-6-2-3-10(11)9-4-5-9/h9-10H,2-8,11H2,1H3. The first-order valence-electron chi connectivity index (χ1n) is 5.17. The average Bonchev–Trinajstić information content (AvgIpc) is 2.93. The minimum Gasteiger partial charge on any atom is -0.382 e. The summed E-state index contributed by atoms with van der Waals surface area (Å²) < 4.78 is 10.2. The third kappa shape index (κ3) is 5.24. The highest BCUT2D eigenvalue weighted by Gasteiger charge is 2.27. The van der Waals surface area contributed by atoms with Crippen LogP contribution >= 0.6 is 0 Å². The molecule has 1 saturated carbocycles. The normalized spacial score (nSPS) is 18.9. The number of hydrogen-bond donors (Lipinski definition) is 1. The maximum atomic E-state index is 5.94. The second-order valence-electron chi connectivity index (χ2n) is 3.75. The van der Waals surface area contributed by atoms with Gasteiger partial charge in [0.15, 0.2) is 0 Å². The fourth-order valence-electron chi connectivity index (χ4n) is 1.43. The molecule has 2 N–H and O–H groups in total. The molecule has 0 heterocycles. The molecule has 0 spiro atoms. The highest BCUT2D eigenvalue weighted by molar-refractivity contribution is 4.83. The van der Waals surface area contributed by atoms with Gasteiger partial charge in [-0.3, -0.25) is 0 Å². The van der Waals surface area contributed by atoms with Gasteiger partial charge in [0, 0.05) is 19.8 Å². The van der Waals surface area contributed by atoms with Crippen LogP contribution in [0.1, 0.15) is 25.7 Å². The molecule has 78 valence electrons. The highest BCUT2D eigenvalue weighted by Crippen LogP contribution is 2.33. The van der Waals surface area contributed by atoms with Crippen LogP contribution in [-0.4, -0.2) is 33.0 Å². The van der Waals surface area contributed by atoms with E-state index < -0.39 is 0 Å². The lowest BCUT2D eigenvalue weighted by Gasteiger charge is -2.09. The van der Waals surface area contributed by atoms with Crippen LogP contribution in [0, 0.1) is 5.92 Å². The molecule has 13 heavy (non-hydrogen) atoms. The Bertz CT molecular complexity index is 126. The first kappa shape index (κ1) is 11.0. The molecule has 0 bridgehead atoms. The van der Waals surface area contributed by atoms with Crippen LogP contribution in [0.5, 0.6) is 0 Å². The fourth-order valence-corrected chi connectivity index (χ4v) is 1.43. The predicted molar refractivity (Wildman–Crippen MR) is 52.6 cm³/mol. The molecule has 1 aliphatic rings. The maximum Gasteiger partial charge on any atom is 0.0700 e. The Kier molecular flexibility index (Phi) is 5.35. The van der Waals surface area contributed by atoms with Crippen molar-refractivity contribution in [3.8, 4) is 0 Å². The minimum absolute atomic E-state index is 0.422. The number of hydrogen-bond acceptors (Lipinski definition) is 3. The first-order valence-corrected chi connectivity index (χ1v) is 5.17. The Morgan fingerprint density at radius 2 is 2.08 bits per heavy atom. The van der Waals surface area contributed by atoms with Crippen molar-refractivity contribution in [2.75, 3.05) is 26.9 Å². The van der Waals surface area contributed by atoms with E-state index in [0.717, 1.165) is 25.4 Å². The molecule has 0 aromatic rings. The summed E-state index contributed by atoms with van der Waals surface area (Å²) in [5.74, 6) is 0.818.